The van der Waals surface area contributed by atoms with Gasteiger partial charge in [-0.2, -0.15) is 0 Å². The molecule has 0 spiro atoms. The molecule has 1 atom stereocenters. The maximum atomic E-state index is 13.6. The van der Waals surface area contributed by atoms with Crippen LogP contribution in [-0.4, -0.2) is 20.4 Å². The van der Waals surface area contributed by atoms with Gasteiger partial charge in [-0.1, -0.05) is 18.2 Å². The minimum atomic E-state index is -2.74. The lowest BCUT2D eigenvalue weighted by molar-refractivity contribution is 0.0997. The summed E-state index contributed by atoms with van der Waals surface area (Å²) in [5, 5.41) is 9.24. The first-order chi connectivity index (χ1) is 14.9. The Morgan fingerprint density at radius 1 is 1.26 bits per heavy atom. The second-order valence-corrected chi connectivity index (χ2v) is 7.97. The minimum Gasteiger partial charge on any atom is -0.484 e. The number of benzene rings is 1. The van der Waals surface area contributed by atoms with Crippen molar-refractivity contribution in [3.63, 3.8) is 0 Å². The third-order valence-electron chi connectivity index (χ3n) is 4.90. The number of ether oxygens (including phenoxy) is 1. The molecular formula is C22H19F2N3O3S. The number of carbonyl (C=O) groups is 1. The number of imidazole rings is 1. The van der Waals surface area contributed by atoms with Crippen molar-refractivity contribution in [1.29, 1.82) is 0 Å². The molecule has 0 radical (unpaired) electrons. The van der Waals surface area contributed by atoms with Gasteiger partial charge in [-0.05, 0) is 30.7 Å². The summed E-state index contributed by atoms with van der Waals surface area (Å²) in [6.45, 7) is 1.28. The molecule has 6 nitrogen and oxygen atoms in total. The van der Waals surface area contributed by atoms with Crippen molar-refractivity contribution in [2.45, 2.75) is 26.1 Å². The van der Waals surface area contributed by atoms with Gasteiger partial charge >= 0.3 is 0 Å². The van der Waals surface area contributed by atoms with E-state index in [-0.39, 0.29) is 28.4 Å². The van der Waals surface area contributed by atoms with Crippen LogP contribution in [0.2, 0.25) is 0 Å². The fourth-order valence-corrected chi connectivity index (χ4v) is 4.36. The average Bonchev–Trinajstić information content (AvgIpc) is 3.37. The van der Waals surface area contributed by atoms with Crippen LogP contribution in [0.1, 0.15) is 45.8 Å². The lowest BCUT2D eigenvalue weighted by Gasteiger charge is -2.19. The number of carbonyl (C=O) groups excluding carboxylic acids is 1. The smallest absolute Gasteiger partial charge is 0.264 e. The zero-order valence-corrected chi connectivity index (χ0v) is 17.3. The van der Waals surface area contributed by atoms with Crippen molar-refractivity contribution < 1.29 is 23.4 Å². The summed E-state index contributed by atoms with van der Waals surface area (Å²) in [6.07, 6.45) is 0.0166. The maximum absolute atomic E-state index is 13.6. The molecule has 0 saturated carbocycles. The van der Waals surface area contributed by atoms with Crippen molar-refractivity contribution in [2.75, 3.05) is 0 Å². The number of amides is 1. The van der Waals surface area contributed by atoms with E-state index in [0.717, 1.165) is 22.7 Å². The Kier molecular flexibility index (Phi) is 5.71. The SMILES string of the molecule is CC(Oc1cc(-c2cnc3ccccn23)sc1C(N)=O)c1ccc(CO)cc1C(F)F. The number of hydrogen-bond donors (Lipinski definition) is 2. The third-order valence-corrected chi connectivity index (χ3v) is 6.06. The average molecular weight is 443 g/mol. The maximum Gasteiger partial charge on any atom is 0.264 e. The number of halogens is 2. The minimum absolute atomic E-state index is 0.193. The topological polar surface area (TPSA) is 89.9 Å². The Bertz CT molecular complexity index is 1250. The summed E-state index contributed by atoms with van der Waals surface area (Å²) in [5.41, 5.74) is 7.47. The molecule has 0 aliphatic rings. The van der Waals surface area contributed by atoms with Crippen molar-refractivity contribution in [2.24, 2.45) is 5.73 Å². The Hall–Kier alpha value is -3.30. The van der Waals surface area contributed by atoms with E-state index in [9.17, 15) is 18.7 Å². The predicted molar refractivity (Wildman–Crippen MR) is 113 cm³/mol. The molecule has 0 fully saturated rings. The molecule has 0 bridgehead atoms. The predicted octanol–water partition coefficient (Wildman–Crippen LogP) is 4.73. The zero-order valence-electron chi connectivity index (χ0n) is 16.5. The number of primary amides is 1. The van der Waals surface area contributed by atoms with Gasteiger partial charge < -0.3 is 15.6 Å². The normalized spacial score (nSPS) is 12.4. The van der Waals surface area contributed by atoms with Crippen LogP contribution in [0.4, 0.5) is 8.78 Å². The molecule has 3 aromatic heterocycles. The Morgan fingerprint density at radius 3 is 2.77 bits per heavy atom. The highest BCUT2D eigenvalue weighted by Crippen LogP contribution is 2.39. The Labute approximate surface area is 180 Å². The number of pyridine rings is 1. The fourth-order valence-electron chi connectivity index (χ4n) is 3.41. The van der Waals surface area contributed by atoms with E-state index in [1.54, 1.807) is 25.3 Å². The lowest BCUT2D eigenvalue weighted by Crippen LogP contribution is -2.13. The summed E-state index contributed by atoms with van der Waals surface area (Å²) in [4.78, 5) is 17.3. The first-order valence-corrected chi connectivity index (χ1v) is 10.2. The van der Waals surface area contributed by atoms with Crippen LogP contribution in [0.3, 0.4) is 0 Å². The second kappa shape index (κ2) is 8.44. The number of nitrogens with zero attached hydrogens (tertiary/aromatic N) is 2. The summed E-state index contributed by atoms with van der Waals surface area (Å²) < 4.78 is 34.9. The number of aromatic nitrogens is 2. The van der Waals surface area contributed by atoms with Gasteiger partial charge in [-0.3, -0.25) is 9.20 Å². The summed E-state index contributed by atoms with van der Waals surface area (Å²) in [7, 11) is 0. The van der Waals surface area contributed by atoms with Crippen LogP contribution >= 0.6 is 11.3 Å². The number of fused-ring (bicyclic) bond motifs is 1. The molecule has 3 heterocycles. The lowest BCUT2D eigenvalue weighted by atomic mass is 10.0. The number of aliphatic hydroxyl groups is 1. The van der Waals surface area contributed by atoms with Gasteiger partial charge in [-0.15, -0.1) is 11.3 Å². The van der Waals surface area contributed by atoms with Crippen LogP contribution in [0, 0.1) is 0 Å². The fraction of sp³-hybridized carbons (Fsp3) is 0.182. The van der Waals surface area contributed by atoms with Gasteiger partial charge in [0.15, 0.2) is 0 Å². The van der Waals surface area contributed by atoms with Crippen LogP contribution in [0.5, 0.6) is 5.75 Å². The molecule has 4 rings (SSSR count). The van der Waals surface area contributed by atoms with Gasteiger partial charge in [0, 0.05) is 23.4 Å². The van der Waals surface area contributed by atoms with E-state index < -0.39 is 18.4 Å². The Balaban J connectivity index is 1.71. The van der Waals surface area contributed by atoms with E-state index in [2.05, 4.69) is 4.98 Å². The molecule has 4 aromatic rings. The quantitative estimate of drug-likeness (QED) is 0.432. The molecular weight excluding hydrogens is 424 g/mol. The van der Waals surface area contributed by atoms with E-state index in [1.165, 1.54) is 12.1 Å². The number of aliphatic hydroxyl groups excluding tert-OH is 1. The highest BCUT2D eigenvalue weighted by Gasteiger charge is 2.23. The van der Waals surface area contributed by atoms with Crippen LogP contribution in [0.25, 0.3) is 16.2 Å². The molecule has 9 heteroatoms. The summed E-state index contributed by atoms with van der Waals surface area (Å²) in [6, 6.07) is 11.6. The zero-order chi connectivity index (χ0) is 22.1. The molecule has 1 aromatic carbocycles. The van der Waals surface area contributed by atoms with Crippen molar-refractivity contribution >= 4 is 22.9 Å². The van der Waals surface area contributed by atoms with Crippen molar-refractivity contribution in [1.82, 2.24) is 9.38 Å². The Morgan fingerprint density at radius 2 is 2.06 bits per heavy atom. The van der Waals surface area contributed by atoms with Gasteiger partial charge in [0.25, 0.3) is 12.3 Å². The molecule has 31 heavy (non-hydrogen) atoms. The number of alkyl halides is 2. The van der Waals surface area contributed by atoms with E-state index in [1.807, 2.05) is 28.8 Å². The van der Waals surface area contributed by atoms with Gasteiger partial charge in [0.05, 0.1) is 23.4 Å². The molecule has 0 saturated heterocycles. The van der Waals surface area contributed by atoms with Crippen molar-refractivity contribution in [3.8, 4) is 16.3 Å². The summed E-state index contributed by atoms with van der Waals surface area (Å²) >= 11 is 1.15. The number of hydrogen-bond acceptors (Lipinski definition) is 5. The number of nitrogens with two attached hydrogens (primary N) is 1. The van der Waals surface area contributed by atoms with Crippen LogP contribution < -0.4 is 10.5 Å². The molecule has 0 aliphatic carbocycles. The van der Waals surface area contributed by atoms with E-state index in [0.29, 0.717) is 10.4 Å². The highest BCUT2D eigenvalue weighted by atomic mass is 32.1. The van der Waals surface area contributed by atoms with E-state index in [4.69, 9.17) is 10.5 Å². The van der Waals surface area contributed by atoms with Gasteiger partial charge in [0.1, 0.15) is 22.4 Å². The van der Waals surface area contributed by atoms with E-state index >= 15 is 0 Å². The largest absolute Gasteiger partial charge is 0.484 e. The standard InChI is InChI=1S/C22H19F2N3O3S/c1-12(14-6-5-13(11-28)8-15(14)21(23)24)30-17-9-18(31-20(17)22(25)29)16-10-26-19-4-2-3-7-27(16)19/h2-10,12,21,28H,11H2,1H3,(H2,25,29). The van der Waals surface area contributed by atoms with Crippen LogP contribution in [0.15, 0.2) is 54.9 Å². The molecule has 1 unspecified atom stereocenters. The molecule has 0 aliphatic heterocycles. The first kappa shape index (κ1) is 21.0. The van der Waals surface area contributed by atoms with Gasteiger partial charge in [-0.25, -0.2) is 13.8 Å². The summed E-state index contributed by atoms with van der Waals surface area (Å²) in [5.74, 6) is -0.450. The van der Waals surface area contributed by atoms with Crippen molar-refractivity contribution in [3.05, 3.63) is 76.4 Å². The molecule has 3 N–H and O–H groups in total. The monoisotopic (exact) mass is 443 g/mol. The van der Waals surface area contributed by atoms with Gasteiger partial charge in [0.2, 0.25) is 0 Å². The number of thiophene rings is 1. The second-order valence-electron chi connectivity index (χ2n) is 6.92. The third kappa shape index (κ3) is 4.01. The molecule has 1 amide bonds. The number of rotatable bonds is 7. The first-order valence-electron chi connectivity index (χ1n) is 9.43. The highest BCUT2D eigenvalue weighted by molar-refractivity contribution is 7.17. The van der Waals surface area contributed by atoms with Crippen LogP contribution in [-0.2, 0) is 6.61 Å². The molecule has 160 valence electrons.